The summed E-state index contributed by atoms with van der Waals surface area (Å²) in [5.74, 6) is 0.591. The maximum absolute atomic E-state index is 12.2. The summed E-state index contributed by atoms with van der Waals surface area (Å²) in [6, 6.07) is 10.2. The highest BCUT2D eigenvalue weighted by Crippen LogP contribution is 2.40. The highest BCUT2D eigenvalue weighted by molar-refractivity contribution is 6.32. The summed E-state index contributed by atoms with van der Waals surface area (Å²) in [7, 11) is 0. The van der Waals surface area contributed by atoms with Gasteiger partial charge in [0, 0.05) is 11.8 Å². The van der Waals surface area contributed by atoms with Gasteiger partial charge in [0.1, 0.15) is 5.75 Å². The number of carbonyl (C=O) groups excluding carboxylic acids is 2. The van der Waals surface area contributed by atoms with Crippen molar-refractivity contribution in [2.24, 2.45) is 0 Å². The molecule has 1 aliphatic rings. The Kier molecular flexibility index (Phi) is 6.61. The van der Waals surface area contributed by atoms with Gasteiger partial charge >= 0.3 is 5.97 Å². The molecule has 1 atom stereocenters. The maximum Gasteiger partial charge on any atom is 0.331 e. The molecule has 2 aromatic carbocycles. The number of fused-ring (bicyclic) bond motifs is 1. The quantitative estimate of drug-likeness (QED) is 0.540. The SMILES string of the molecule is CCOc1ccc(NC(=O)[C@@H](C)OC(=O)/C=C/c2cc(Cl)c3c(c2)OCO3)cc1. The van der Waals surface area contributed by atoms with Gasteiger partial charge < -0.3 is 24.3 Å². The van der Waals surface area contributed by atoms with Crippen LogP contribution in [0.25, 0.3) is 6.08 Å². The second kappa shape index (κ2) is 9.34. The third kappa shape index (κ3) is 5.42. The van der Waals surface area contributed by atoms with Crippen LogP contribution < -0.4 is 19.5 Å². The first-order chi connectivity index (χ1) is 14.0. The minimum atomic E-state index is -0.973. The van der Waals surface area contributed by atoms with Gasteiger partial charge in [-0.15, -0.1) is 0 Å². The van der Waals surface area contributed by atoms with Crippen LogP contribution >= 0.6 is 11.6 Å². The summed E-state index contributed by atoms with van der Waals surface area (Å²) in [6.45, 7) is 4.05. The van der Waals surface area contributed by atoms with Crippen molar-refractivity contribution < 1.29 is 28.5 Å². The van der Waals surface area contributed by atoms with Crippen molar-refractivity contribution in [1.82, 2.24) is 0 Å². The normalized spacial score (nSPS) is 13.2. The minimum absolute atomic E-state index is 0.102. The van der Waals surface area contributed by atoms with Crippen molar-refractivity contribution in [1.29, 1.82) is 0 Å². The number of anilines is 1. The van der Waals surface area contributed by atoms with Gasteiger partial charge in [-0.05, 0) is 61.9 Å². The third-order valence-electron chi connectivity index (χ3n) is 3.96. The van der Waals surface area contributed by atoms with E-state index in [0.29, 0.717) is 40.1 Å². The largest absolute Gasteiger partial charge is 0.494 e. The Labute approximate surface area is 173 Å². The number of benzene rings is 2. The molecule has 0 radical (unpaired) electrons. The van der Waals surface area contributed by atoms with Crippen LogP contribution in [0.3, 0.4) is 0 Å². The molecule has 1 aliphatic heterocycles. The zero-order valence-corrected chi connectivity index (χ0v) is 16.7. The third-order valence-corrected chi connectivity index (χ3v) is 4.24. The summed E-state index contributed by atoms with van der Waals surface area (Å²) < 4.78 is 21.0. The molecule has 29 heavy (non-hydrogen) atoms. The number of nitrogens with one attached hydrogen (secondary N) is 1. The van der Waals surface area contributed by atoms with Crippen LogP contribution in [0.1, 0.15) is 19.4 Å². The molecule has 0 unspecified atom stereocenters. The number of hydrogen-bond donors (Lipinski definition) is 1. The van der Waals surface area contributed by atoms with Crippen molar-refractivity contribution in [2.45, 2.75) is 20.0 Å². The number of amides is 1. The molecule has 2 aromatic rings. The van der Waals surface area contributed by atoms with Gasteiger partial charge in [-0.2, -0.15) is 0 Å². The lowest BCUT2D eigenvalue weighted by Crippen LogP contribution is -2.29. The van der Waals surface area contributed by atoms with E-state index < -0.39 is 18.0 Å². The number of ether oxygens (including phenoxy) is 4. The highest BCUT2D eigenvalue weighted by Gasteiger charge is 2.19. The van der Waals surface area contributed by atoms with Crippen molar-refractivity contribution in [2.75, 3.05) is 18.7 Å². The number of rotatable bonds is 7. The van der Waals surface area contributed by atoms with Gasteiger partial charge in [-0.25, -0.2) is 4.79 Å². The molecule has 1 N–H and O–H groups in total. The Hall–Kier alpha value is -3.19. The molecule has 0 bridgehead atoms. The van der Waals surface area contributed by atoms with Gasteiger partial charge in [0.25, 0.3) is 5.91 Å². The summed E-state index contributed by atoms with van der Waals surface area (Å²) >= 11 is 6.10. The molecule has 1 heterocycles. The van der Waals surface area contributed by atoms with Crippen LogP contribution in [-0.2, 0) is 14.3 Å². The molecular formula is C21H20ClNO6. The zero-order chi connectivity index (χ0) is 20.8. The van der Waals surface area contributed by atoms with Gasteiger partial charge in [0.05, 0.1) is 11.6 Å². The van der Waals surface area contributed by atoms with Crippen molar-refractivity contribution in [3.05, 3.63) is 53.1 Å². The number of esters is 1. The second-order valence-electron chi connectivity index (χ2n) is 6.10. The lowest BCUT2D eigenvalue weighted by atomic mass is 10.2. The Morgan fingerprint density at radius 1 is 1.24 bits per heavy atom. The Balaban J connectivity index is 1.53. The first kappa shape index (κ1) is 20.5. The van der Waals surface area contributed by atoms with Crippen LogP contribution in [0.2, 0.25) is 5.02 Å². The van der Waals surface area contributed by atoms with E-state index in [-0.39, 0.29) is 6.79 Å². The first-order valence-corrected chi connectivity index (χ1v) is 9.35. The van der Waals surface area contributed by atoms with Crippen LogP contribution in [0, 0.1) is 0 Å². The molecule has 0 aromatic heterocycles. The Bertz CT molecular complexity index is 926. The average molecular weight is 418 g/mol. The number of carbonyl (C=O) groups is 2. The summed E-state index contributed by atoms with van der Waals surface area (Å²) in [5, 5.41) is 3.07. The molecule has 3 rings (SSSR count). The average Bonchev–Trinajstić information content (AvgIpc) is 3.17. The van der Waals surface area contributed by atoms with E-state index in [0.717, 1.165) is 0 Å². The Morgan fingerprint density at radius 2 is 2.00 bits per heavy atom. The maximum atomic E-state index is 12.2. The molecule has 0 saturated carbocycles. The van der Waals surface area contributed by atoms with E-state index >= 15 is 0 Å². The molecule has 152 valence electrons. The molecule has 7 nitrogen and oxygen atoms in total. The van der Waals surface area contributed by atoms with E-state index in [1.165, 1.54) is 19.1 Å². The van der Waals surface area contributed by atoms with E-state index in [2.05, 4.69) is 5.32 Å². The summed E-state index contributed by atoms with van der Waals surface area (Å²) in [4.78, 5) is 24.2. The fourth-order valence-electron chi connectivity index (χ4n) is 2.56. The standard InChI is InChI=1S/C21H20ClNO6/c1-3-26-16-7-5-15(6-8-16)23-21(25)13(2)29-19(24)9-4-14-10-17(22)20-18(11-14)27-12-28-20/h4-11,13H,3,12H2,1-2H3,(H,23,25)/b9-4+/t13-/m1/s1. The topological polar surface area (TPSA) is 83.1 Å². The van der Waals surface area contributed by atoms with Gasteiger partial charge in [-0.3, -0.25) is 4.79 Å². The zero-order valence-electron chi connectivity index (χ0n) is 15.9. The minimum Gasteiger partial charge on any atom is -0.494 e. The molecule has 1 amide bonds. The monoisotopic (exact) mass is 417 g/mol. The van der Waals surface area contributed by atoms with E-state index in [4.69, 9.17) is 30.5 Å². The van der Waals surface area contributed by atoms with Crippen LogP contribution in [0.15, 0.2) is 42.5 Å². The van der Waals surface area contributed by atoms with Crippen LogP contribution in [0.5, 0.6) is 17.2 Å². The predicted molar refractivity (Wildman–Crippen MR) is 108 cm³/mol. The highest BCUT2D eigenvalue weighted by atomic mass is 35.5. The molecule has 8 heteroatoms. The lowest BCUT2D eigenvalue weighted by Gasteiger charge is -2.12. The van der Waals surface area contributed by atoms with Crippen LogP contribution in [0.4, 0.5) is 5.69 Å². The van der Waals surface area contributed by atoms with Gasteiger partial charge in [-0.1, -0.05) is 11.6 Å². The summed E-state index contributed by atoms with van der Waals surface area (Å²) in [5.41, 5.74) is 1.22. The van der Waals surface area contributed by atoms with Crippen molar-refractivity contribution in [3.8, 4) is 17.2 Å². The molecular weight excluding hydrogens is 398 g/mol. The molecule has 0 saturated heterocycles. The summed E-state index contributed by atoms with van der Waals surface area (Å²) in [6.07, 6.45) is 1.76. The first-order valence-electron chi connectivity index (χ1n) is 8.98. The van der Waals surface area contributed by atoms with E-state index in [9.17, 15) is 9.59 Å². The number of halogens is 1. The van der Waals surface area contributed by atoms with Crippen molar-refractivity contribution in [3.63, 3.8) is 0 Å². The molecule has 0 fully saturated rings. The fourth-order valence-corrected chi connectivity index (χ4v) is 2.83. The van der Waals surface area contributed by atoms with E-state index in [1.807, 2.05) is 6.92 Å². The van der Waals surface area contributed by atoms with Crippen molar-refractivity contribution >= 4 is 35.2 Å². The second-order valence-corrected chi connectivity index (χ2v) is 6.50. The van der Waals surface area contributed by atoms with E-state index in [1.54, 1.807) is 36.4 Å². The number of hydrogen-bond acceptors (Lipinski definition) is 6. The smallest absolute Gasteiger partial charge is 0.331 e. The predicted octanol–water partition coefficient (Wildman–Crippen LogP) is 4.05. The molecule has 0 aliphatic carbocycles. The van der Waals surface area contributed by atoms with Gasteiger partial charge in [0.15, 0.2) is 17.6 Å². The van der Waals surface area contributed by atoms with Crippen LogP contribution in [-0.4, -0.2) is 31.4 Å². The van der Waals surface area contributed by atoms with Gasteiger partial charge in [0.2, 0.25) is 6.79 Å². The Morgan fingerprint density at radius 3 is 2.72 bits per heavy atom. The fraction of sp³-hybridized carbons (Fsp3) is 0.238. The lowest BCUT2D eigenvalue weighted by molar-refractivity contribution is -0.148. The molecule has 0 spiro atoms.